The minimum atomic E-state index is 0.0795. The van der Waals surface area contributed by atoms with Gasteiger partial charge in [-0.1, -0.05) is 72.8 Å². The van der Waals surface area contributed by atoms with E-state index in [2.05, 4.69) is 102 Å². The van der Waals surface area contributed by atoms with Crippen molar-refractivity contribution in [1.82, 2.24) is 0 Å². The lowest BCUT2D eigenvalue weighted by Gasteiger charge is -2.34. The monoisotopic (exact) mass is 437 g/mol. The molecule has 0 atom stereocenters. The molecular formula is C30H20BNO2. The van der Waals surface area contributed by atoms with E-state index >= 15 is 0 Å². The smallest absolute Gasteiger partial charge is 0.260 e. The number of anilines is 3. The average molecular weight is 437 g/mol. The summed E-state index contributed by atoms with van der Waals surface area (Å²) in [5.74, 6) is 3.46. The number of ether oxygens (including phenoxy) is 2. The van der Waals surface area contributed by atoms with E-state index in [0.29, 0.717) is 0 Å². The summed E-state index contributed by atoms with van der Waals surface area (Å²) in [7, 11) is 0. The van der Waals surface area contributed by atoms with Gasteiger partial charge in [-0.3, -0.25) is 0 Å². The van der Waals surface area contributed by atoms with Gasteiger partial charge in [0.15, 0.2) is 0 Å². The highest BCUT2D eigenvalue weighted by atomic mass is 16.5. The summed E-state index contributed by atoms with van der Waals surface area (Å²) in [4.78, 5) is 2.24. The van der Waals surface area contributed by atoms with Gasteiger partial charge in [-0.25, -0.2) is 0 Å². The van der Waals surface area contributed by atoms with Crippen LogP contribution in [0.1, 0.15) is 0 Å². The van der Waals surface area contributed by atoms with Crippen LogP contribution in [0, 0.1) is 0 Å². The maximum absolute atomic E-state index is 6.50. The first-order valence-electron chi connectivity index (χ1n) is 11.5. The van der Waals surface area contributed by atoms with Gasteiger partial charge in [-0.2, -0.15) is 0 Å². The molecule has 0 saturated carbocycles. The zero-order valence-corrected chi connectivity index (χ0v) is 18.4. The Morgan fingerprint density at radius 1 is 0.441 bits per heavy atom. The van der Waals surface area contributed by atoms with Crippen LogP contribution in [0.5, 0.6) is 23.0 Å². The van der Waals surface area contributed by atoms with Crippen LogP contribution in [0.2, 0.25) is 0 Å². The van der Waals surface area contributed by atoms with Gasteiger partial charge >= 0.3 is 0 Å². The first-order valence-corrected chi connectivity index (χ1v) is 11.5. The quantitative estimate of drug-likeness (QED) is 0.322. The van der Waals surface area contributed by atoms with Crippen molar-refractivity contribution in [2.45, 2.75) is 0 Å². The van der Waals surface area contributed by atoms with Gasteiger partial charge in [-0.15, -0.1) is 0 Å². The number of rotatable bonds is 3. The molecule has 0 bridgehead atoms. The first-order chi connectivity index (χ1) is 16.9. The zero-order chi connectivity index (χ0) is 22.5. The summed E-state index contributed by atoms with van der Waals surface area (Å²) in [6.45, 7) is 0.0795. The van der Waals surface area contributed by atoms with E-state index in [9.17, 15) is 0 Å². The zero-order valence-electron chi connectivity index (χ0n) is 18.4. The van der Waals surface area contributed by atoms with Crippen molar-refractivity contribution < 1.29 is 9.47 Å². The molecule has 0 amide bonds. The van der Waals surface area contributed by atoms with Crippen LogP contribution < -0.4 is 30.8 Å². The molecule has 0 N–H and O–H groups in total. The number of nitrogens with zero attached hydrogens (tertiary/aromatic N) is 1. The van der Waals surface area contributed by atoms with Gasteiger partial charge in [0.2, 0.25) is 0 Å². The van der Waals surface area contributed by atoms with Crippen LogP contribution in [0.4, 0.5) is 17.1 Å². The molecule has 160 valence electrons. The van der Waals surface area contributed by atoms with Crippen LogP contribution in [-0.2, 0) is 0 Å². The molecule has 0 radical (unpaired) electrons. The van der Waals surface area contributed by atoms with Gasteiger partial charge in [0.25, 0.3) is 6.71 Å². The summed E-state index contributed by atoms with van der Waals surface area (Å²) in [6, 6.07) is 41.7. The SMILES string of the molecule is c1ccc(N(c2ccccc2)c2cc3c4c(c2)Oc2ccccc2B4c2ccccc2O3)cc1. The molecule has 2 aliphatic rings. The number of hydrogen-bond donors (Lipinski definition) is 0. The third-order valence-corrected chi connectivity index (χ3v) is 6.56. The minimum absolute atomic E-state index is 0.0795. The van der Waals surface area contributed by atoms with Crippen molar-refractivity contribution in [2.24, 2.45) is 0 Å². The second kappa shape index (κ2) is 7.56. The van der Waals surface area contributed by atoms with Gasteiger partial charge < -0.3 is 14.4 Å². The van der Waals surface area contributed by atoms with Gasteiger partial charge in [0, 0.05) is 29.0 Å². The summed E-state index contributed by atoms with van der Waals surface area (Å²) in [5.41, 5.74) is 6.56. The molecule has 3 nitrogen and oxygen atoms in total. The lowest BCUT2D eigenvalue weighted by Crippen LogP contribution is -2.57. The van der Waals surface area contributed by atoms with Crippen LogP contribution >= 0.6 is 0 Å². The Bertz CT molecular complexity index is 1410. The molecule has 34 heavy (non-hydrogen) atoms. The fourth-order valence-electron chi connectivity index (χ4n) is 5.11. The molecule has 7 rings (SSSR count). The van der Waals surface area contributed by atoms with Crippen LogP contribution in [0.25, 0.3) is 0 Å². The third-order valence-electron chi connectivity index (χ3n) is 6.56. The molecule has 0 unspecified atom stereocenters. The topological polar surface area (TPSA) is 21.7 Å². The summed E-state index contributed by atoms with van der Waals surface area (Å²) >= 11 is 0. The van der Waals surface area contributed by atoms with Gasteiger partial charge in [-0.05, 0) is 47.3 Å². The van der Waals surface area contributed by atoms with Crippen molar-refractivity contribution >= 4 is 40.2 Å². The number of para-hydroxylation sites is 4. The molecule has 0 aliphatic carbocycles. The Hall–Kier alpha value is -4.44. The highest BCUT2D eigenvalue weighted by Gasteiger charge is 2.40. The highest BCUT2D eigenvalue weighted by Crippen LogP contribution is 2.42. The van der Waals surface area contributed by atoms with E-state index in [1.165, 1.54) is 10.9 Å². The second-order valence-electron chi connectivity index (χ2n) is 8.58. The molecule has 5 aromatic carbocycles. The Balaban J connectivity index is 1.47. The fourth-order valence-corrected chi connectivity index (χ4v) is 5.11. The molecule has 5 aromatic rings. The van der Waals surface area contributed by atoms with Crippen molar-refractivity contribution in [2.75, 3.05) is 4.90 Å². The standard InChI is InChI=1S/C30H20BNO2/c1-3-11-21(12-4-1)32(22-13-5-2-6-14-22)23-19-28-30-29(20-23)34-27-18-10-8-16-25(27)31(30)24-15-7-9-17-26(24)33-28/h1-20H. The summed E-state index contributed by atoms with van der Waals surface area (Å²) < 4.78 is 13.0. The molecule has 0 aromatic heterocycles. The first kappa shape index (κ1) is 19.1. The van der Waals surface area contributed by atoms with E-state index in [1.807, 2.05) is 24.3 Å². The molecule has 2 heterocycles. The Morgan fingerprint density at radius 2 is 0.882 bits per heavy atom. The van der Waals surface area contributed by atoms with Gasteiger partial charge in [0.05, 0.1) is 5.69 Å². The predicted octanol–water partition coefficient (Wildman–Crippen LogP) is 5.88. The summed E-state index contributed by atoms with van der Waals surface area (Å²) in [6.07, 6.45) is 0. The molecule has 4 heteroatoms. The molecule has 0 fully saturated rings. The van der Waals surface area contributed by atoms with E-state index in [1.54, 1.807) is 0 Å². The Kier molecular flexibility index (Phi) is 4.24. The molecular weight excluding hydrogens is 417 g/mol. The van der Waals surface area contributed by atoms with Crippen molar-refractivity contribution in [3.8, 4) is 23.0 Å². The normalized spacial score (nSPS) is 12.5. The minimum Gasteiger partial charge on any atom is -0.458 e. The van der Waals surface area contributed by atoms with Crippen LogP contribution in [0.3, 0.4) is 0 Å². The van der Waals surface area contributed by atoms with Crippen molar-refractivity contribution in [1.29, 1.82) is 0 Å². The van der Waals surface area contributed by atoms with Crippen LogP contribution in [0.15, 0.2) is 121 Å². The largest absolute Gasteiger partial charge is 0.458 e. The fraction of sp³-hybridized carbons (Fsp3) is 0. The van der Waals surface area contributed by atoms with E-state index in [-0.39, 0.29) is 6.71 Å². The number of benzene rings is 5. The summed E-state index contributed by atoms with van der Waals surface area (Å²) in [5, 5.41) is 0. The van der Waals surface area contributed by atoms with Crippen LogP contribution in [-0.4, -0.2) is 6.71 Å². The van der Waals surface area contributed by atoms with E-state index < -0.39 is 0 Å². The maximum atomic E-state index is 6.50. The molecule has 2 aliphatic heterocycles. The lowest BCUT2D eigenvalue weighted by molar-refractivity contribution is 0.465. The third kappa shape index (κ3) is 2.92. The Labute approximate surface area is 198 Å². The van der Waals surface area contributed by atoms with E-state index in [0.717, 1.165) is 45.5 Å². The second-order valence-corrected chi connectivity index (χ2v) is 8.58. The maximum Gasteiger partial charge on any atom is 0.260 e. The highest BCUT2D eigenvalue weighted by molar-refractivity contribution is 6.98. The number of hydrogen-bond acceptors (Lipinski definition) is 3. The van der Waals surface area contributed by atoms with Crippen molar-refractivity contribution in [3.63, 3.8) is 0 Å². The molecule has 0 saturated heterocycles. The predicted molar refractivity (Wildman–Crippen MR) is 139 cm³/mol. The molecule has 0 spiro atoms. The number of fused-ring (bicyclic) bond motifs is 4. The average Bonchev–Trinajstić information content (AvgIpc) is 2.90. The van der Waals surface area contributed by atoms with Gasteiger partial charge in [0.1, 0.15) is 23.0 Å². The van der Waals surface area contributed by atoms with E-state index in [4.69, 9.17) is 9.47 Å². The van der Waals surface area contributed by atoms with Crippen molar-refractivity contribution in [3.05, 3.63) is 121 Å². The Morgan fingerprint density at radius 3 is 1.38 bits per heavy atom. The lowest BCUT2D eigenvalue weighted by atomic mass is 9.35.